The number of carbonyl (C=O) groups excluding carboxylic acids is 1. The molecule has 0 bridgehead atoms. The molecule has 3 nitrogen and oxygen atoms in total. The fourth-order valence-corrected chi connectivity index (χ4v) is 0.918. The van der Waals surface area contributed by atoms with Crippen LogP contribution in [0.15, 0.2) is 12.3 Å². The van der Waals surface area contributed by atoms with Gasteiger partial charge in [0.15, 0.2) is 0 Å². The third-order valence-electron chi connectivity index (χ3n) is 1.50. The molecule has 0 fully saturated rings. The molecule has 1 aliphatic rings. The summed E-state index contributed by atoms with van der Waals surface area (Å²) >= 11 is 0. The molecule has 62 valence electrons. The number of esters is 1. The molecule has 0 aliphatic carbocycles. The van der Waals surface area contributed by atoms with Crippen LogP contribution in [0.2, 0.25) is 0 Å². The van der Waals surface area contributed by atoms with Crippen LogP contribution in [-0.4, -0.2) is 18.7 Å². The standard InChI is InChI=1S/C8H12O3/c1-7(9)11-6-8-4-2-3-5-10-8/h3,5,8H,2,4,6H2,1H3/t8-/m0/s1. The summed E-state index contributed by atoms with van der Waals surface area (Å²) in [5.41, 5.74) is 0. The predicted octanol–water partition coefficient (Wildman–Crippen LogP) is 1.24. The van der Waals surface area contributed by atoms with Crippen LogP contribution in [0, 0.1) is 0 Å². The Labute approximate surface area is 66.0 Å². The molecule has 11 heavy (non-hydrogen) atoms. The smallest absolute Gasteiger partial charge is 0.302 e. The van der Waals surface area contributed by atoms with E-state index < -0.39 is 0 Å². The molecular weight excluding hydrogens is 144 g/mol. The maximum Gasteiger partial charge on any atom is 0.302 e. The Morgan fingerprint density at radius 1 is 1.82 bits per heavy atom. The van der Waals surface area contributed by atoms with Crippen molar-refractivity contribution in [1.29, 1.82) is 0 Å². The van der Waals surface area contributed by atoms with Gasteiger partial charge in [0.25, 0.3) is 0 Å². The first-order chi connectivity index (χ1) is 5.29. The van der Waals surface area contributed by atoms with Crippen LogP contribution in [0.5, 0.6) is 0 Å². The van der Waals surface area contributed by atoms with Crippen molar-refractivity contribution in [1.82, 2.24) is 0 Å². The zero-order valence-electron chi connectivity index (χ0n) is 6.58. The first-order valence-electron chi connectivity index (χ1n) is 3.73. The van der Waals surface area contributed by atoms with E-state index in [1.807, 2.05) is 6.08 Å². The van der Waals surface area contributed by atoms with Gasteiger partial charge in [0, 0.05) is 6.92 Å². The zero-order chi connectivity index (χ0) is 8.10. The minimum atomic E-state index is -0.247. The minimum absolute atomic E-state index is 0.0592. The van der Waals surface area contributed by atoms with Crippen LogP contribution < -0.4 is 0 Å². The molecule has 0 saturated carbocycles. The van der Waals surface area contributed by atoms with Crippen LogP contribution in [0.1, 0.15) is 19.8 Å². The van der Waals surface area contributed by atoms with Crippen molar-refractivity contribution < 1.29 is 14.3 Å². The molecule has 0 aromatic rings. The van der Waals surface area contributed by atoms with Crippen LogP contribution >= 0.6 is 0 Å². The summed E-state index contributed by atoms with van der Waals surface area (Å²) in [7, 11) is 0. The predicted molar refractivity (Wildman–Crippen MR) is 39.9 cm³/mol. The lowest BCUT2D eigenvalue weighted by molar-refractivity contribution is -0.144. The van der Waals surface area contributed by atoms with Crippen molar-refractivity contribution in [3.63, 3.8) is 0 Å². The average molecular weight is 156 g/mol. The van der Waals surface area contributed by atoms with Gasteiger partial charge >= 0.3 is 5.97 Å². The Hall–Kier alpha value is -0.990. The molecule has 1 heterocycles. The molecule has 1 rings (SSSR count). The van der Waals surface area contributed by atoms with Crippen molar-refractivity contribution >= 4 is 5.97 Å². The second kappa shape index (κ2) is 4.01. The molecule has 1 aliphatic heterocycles. The summed E-state index contributed by atoms with van der Waals surface area (Å²) in [6.07, 6.45) is 5.63. The van der Waals surface area contributed by atoms with Crippen molar-refractivity contribution in [2.45, 2.75) is 25.9 Å². The van der Waals surface area contributed by atoms with Gasteiger partial charge in [-0.1, -0.05) is 0 Å². The van der Waals surface area contributed by atoms with E-state index >= 15 is 0 Å². The topological polar surface area (TPSA) is 35.5 Å². The molecule has 0 aromatic carbocycles. The summed E-state index contributed by atoms with van der Waals surface area (Å²) in [4.78, 5) is 10.4. The number of hydrogen-bond acceptors (Lipinski definition) is 3. The zero-order valence-corrected chi connectivity index (χ0v) is 6.58. The third kappa shape index (κ3) is 3.07. The van der Waals surface area contributed by atoms with Gasteiger partial charge < -0.3 is 9.47 Å². The number of rotatable bonds is 2. The van der Waals surface area contributed by atoms with Crippen molar-refractivity contribution in [2.24, 2.45) is 0 Å². The van der Waals surface area contributed by atoms with E-state index in [4.69, 9.17) is 9.47 Å². The Kier molecular flexibility index (Phi) is 2.95. The lowest BCUT2D eigenvalue weighted by atomic mass is 10.2. The highest BCUT2D eigenvalue weighted by Gasteiger charge is 2.11. The van der Waals surface area contributed by atoms with Gasteiger partial charge in [-0.3, -0.25) is 4.79 Å². The van der Waals surface area contributed by atoms with E-state index in [0.29, 0.717) is 6.61 Å². The van der Waals surface area contributed by atoms with E-state index in [1.54, 1.807) is 6.26 Å². The second-order valence-corrected chi connectivity index (χ2v) is 2.51. The van der Waals surface area contributed by atoms with Crippen LogP contribution in [0.4, 0.5) is 0 Å². The maximum atomic E-state index is 10.4. The van der Waals surface area contributed by atoms with Crippen molar-refractivity contribution in [3.8, 4) is 0 Å². The Balaban J connectivity index is 2.16. The van der Waals surface area contributed by atoms with E-state index in [0.717, 1.165) is 12.8 Å². The van der Waals surface area contributed by atoms with E-state index in [1.165, 1.54) is 6.92 Å². The summed E-state index contributed by atoms with van der Waals surface area (Å²) in [5.74, 6) is -0.247. The summed E-state index contributed by atoms with van der Waals surface area (Å²) in [6.45, 7) is 1.78. The highest BCUT2D eigenvalue weighted by atomic mass is 16.6. The summed E-state index contributed by atoms with van der Waals surface area (Å²) < 4.78 is 9.95. The van der Waals surface area contributed by atoms with E-state index in [9.17, 15) is 4.79 Å². The normalized spacial score (nSPS) is 22.5. The lowest BCUT2D eigenvalue weighted by Crippen LogP contribution is -2.20. The number of hydrogen-bond donors (Lipinski definition) is 0. The quantitative estimate of drug-likeness (QED) is 0.564. The molecular formula is C8H12O3. The number of allylic oxidation sites excluding steroid dienone is 1. The van der Waals surface area contributed by atoms with Crippen LogP contribution in [0.3, 0.4) is 0 Å². The lowest BCUT2D eigenvalue weighted by Gasteiger charge is -2.18. The molecule has 0 spiro atoms. The van der Waals surface area contributed by atoms with Crippen LogP contribution in [-0.2, 0) is 14.3 Å². The highest BCUT2D eigenvalue weighted by molar-refractivity contribution is 5.65. The first kappa shape index (κ1) is 8.11. The van der Waals surface area contributed by atoms with Gasteiger partial charge in [-0.25, -0.2) is 0 Å². The SMILES string of the molecule is CC(=O)OC[C@@H]1CCC=CO1. The summed E-state index contributed by atoms with van der Waals surface area (Å²) in [6, 6.07) is 0. The molecule has 0 amide bonds. The molecule has 0 saturated heterocycles. The molecule has 3 heteroatoms. The molecule has 0 radical (unpaired) electrons. The van der Waals surface area contributed by atoms with Gasteiger partial charge in [0.05, 0.1) is 6.26 Å². The third-order valence-corrected chi connectivity index (χ3v) is 1.50. The Morgan fingerprint density at radius 3 is 3.18 bits per heavy atom. The molecule has 1 atom stereocenters. The largest absolute Gasteiger partial charge is 0.495 e. The number of carbonyl (C=O) groups is 1. The van der Waals surface area contributed by atoms with Crippen LogP contribution in [0.25, 0.3) is 0 Å². The highest BCUT2D eigenvalue weighted by Crippen LogP contribution is 2.09. The monoisotopic (exact) mass is 156 g/mol. The Morgan fingerprint density at radius 2 is 2.64 bits per heavy atom. The van der Waals surface area contributed by atoms with E-state index in [2.05, 4.69) is 0 Å². The van der Waals surface area contributed by atoms with Gasteiger partial charge in [-0.05, 0) is 18.9 Å². The maximum absolute atomic E-state index is 10.4. The number of ether oxygens (including phenoxy) is 2. The van der Waals surface area contributed by atoms with E-state index in [-0.39, 0.29) is 12.1 Å². The van der Waals surface area contributed by atoms with Gasteiger partial charge in [-0.2, -0.15) is 0 Å². The molecule has 0 N–H and O–H groups in total. The fourth-order valence-electron chi connectivity index (χ4n) is 0.918. The second-order valence-electron chi connectivity index (χ2n) is 2.51. The van der Waals surface area contributed by atoms with Crippen molar-refractivity contribution in [2.75, 3.05) is 6.61 Å². The molecule has 0 unspecified atom stereocenters. The first-order valence-corrected chi connectivity index (χ1v) is 3.73. The summed E-state index contributed by atoms with van der Waals surface area (Å²) in [5, 5.41) is 0. The van der Waals surface area contributed by atoms with Gasteiger partial charge in [-0.15, -0.1) is 0 Å². The van der Waals surface area contributed by atoms with Gasteiger partial charge in [0.2, 0.25) is 0 Å². The fraction of sp³-hybridized carbons (Fsp3) is 0.625. The average Bonchev–Trinajstić information content (AvgIpc) is 2.03. The Bertz CT molecular complexity index is 163. The van der Waals surface area contributed by atoms with Gasteiger partial charge in [0.1, 0.15) is 12.7 Å². The van der Waals surface area contributed by atoms with Crippen molar-refractivity contribution in [3.05, 3.63) is 12.3 Å². The minimum Gasteiger partial charge on any atom is -0.495 e. The molecule has 0 aromatic heterocycles.